The van der Waals surface area contributed by atoms with Gasteiger partial charge in [-0.3, -0.25) is 9.59 Å². The number of hydrogen-bond acceptors (Lipinski definition) is 2. The van der Waals surface area contributed by atoms with Crippen LogP contribution < -0.4 is 5.73 Å². The van der Waals surface area contributed by atoms with Gasteiger partial charge < -0.3 is 15.2 Å². The Morgan fingerprint density at radius 1 is 1.14 bits per heavy atom. The number of rotatable bonds is 3. The maximum absolute atomic E-state index is 12.5. The SMILES string of the molecule is NC(=O)[C@H]1CCN(C(=O)c2cccc(-n3cccc3)c2)C1. The van der Waals surface area contributed by atoms with Gasteiger partial charge in [0.1, 0.15) is 0 Å². The number of benzene rings is 1. The average Bonchev–Trinajstić information content (AvgIpc) is 3.18. The van der Waals surface area contributed by atoms with Gasteiger partial charge in [0.25, 0.3) is 5.91 Å². The van der Waals surface area contributed by atoms with E-state index in [-0.39, 0.29) is 17.7 Å². The molecule has 5 heteroatoms. The summed E-state index contributed by atoms with van der Waals surface area (Å²) >= 11 is 0. The molecule has 0 aliphatic carbocycles. The number of carbonyl (C=O) groups excluding carboxylic acids is 2. The van der Waals surface area contributed by atoms with Gasteiger partial charge >= 0.3 is 0 Å². The topological polar surface area (TPSA) is 68.3 Å². The van der Waals surface area contributed by atoms with Crippen LogP contribution in [0.3, 0.4) is 0 Å². The number of likely N-dealkylation sites (tertiary alicyclic amines) is 1. The highest BCUT2D eigenvalue weighted by atomic mass is 16.2. The normalized spacial score (nSPS) is 17.9. The van der Waals surface area contributed by atoms with Gasteiger partial charge in [0.15, 0.2) is 0 Å². The number of carbonyl (C=O) groups is 2. The second-order valence-electron chi connectivity index (χ2n) is 5.28. The minimum absolute atomic E-state index is 0.0484. The van der Waals surface area contributed by atoms with Gasteiger partial charge in [-0.15, -0.1) is 0 Å². The zero-order valence-electron chi connectivity index (χ0n) is 11.6. The van der Waals surface area contributed by atoms with Crippen molar-refractivity contribution >= 4 is 11.8 Å². The lowest BCUT2D eigenvalue weighted by atomic mass is 10.1. The van der Waals surface area contributed by atoms with E-state index in [1.165, 1.54) is 0 Å². The van der Waals surface area contributed by atoms with Gasteiger partial charge in [-0.2, -0.15) is 0 Å². The molecule has 21 heavy (non-hydrogen) atoms. The lowest BCUT2D eigenvalue weighted by Crippen LogP contribution is -2.31. The van der Waals surface area contributed by atoms with E-state index in [2.05, 4.69) is 0 Å². The van der Waals surface area contributed by atoms with Gasteiger partial charge in [-0.05, 0) is 36.8 Å². The molecule has 1 aromatic carbocycles. The van der Waals surface area contributed by atoms with Gasteiger partial charge in [0.05, 0.1) is 5.92 Å². The maximum Gasteiger partial charge on any atom is 0.253 e. The molecule has 1 aliphatic heterocycles. The number of primary amides is 1. The number of nitrogens with two attached hydrogens (primary N) is 1. The van der Waals surface area contributed by atoms with Crippen molar-refractivity contribution in [2.45, 2.75) is 6.42 Å². The highest BCUT2D eigenvalue weighted by molar-refractivity contribution is 5.95. The fourth-order valence-electron chi connectivity index (χ4n) is 2.67. The summed E-state index contributed by atoms with van der Waals surface area (Å²) in [5.74, 6) is -0.597. The molecule has 3 rings (SSSR count). The van der Waals surface area contributed by atoms with Crippen molar-refractivity contribution < 1.29 is 9.59 Å². The molecule has 1 aromatic heterocycles. The summed E-state index contributed by atoms with van der Waals surface area (Å²) in [6, 6.07) is 11.4. The Labute approximate surface area is 123 Å². The van der Waals surface area contributed by atoms with Crippen LogP contribution >= 0.6 is 0 Å². The van der Waals surface area contributed by atoms with Crippen LogP contribution in [-0.2, 0) is 4.79 Å². The van der Waals surface area contributed by atoms with Crippen molar-refractivity contribution in [3.05, 3.63) is 54.4 Å². The van der Waals surface area contributed by atoms with Crippen LogP contribution in [-0.4, -0.2) is 34.4 Å². The monoisotopic (exact) mass is 283 g/mol. The predicted octanol–water partition coefficient (Wildman–Crippen LogP) is 1.42. The van der Waals surface area contributed by atoms with Crippen molar-refractivity contribution in [1.29, 1.82) is 0 Å². The minimum atomic E-state index is -0.327. The Hall–Kier alpha value is -2.56. The largest absolute Gasteiger partial charge is 0.369 e. The molecule has 1 saturated heterocycles. The first-order chi connectivity index (χ1) is 10.1. The molecule has 2 heterocycles. The Bertz CT molecular complexity index is 664. The summed E-state index contributed by atoms with van der Waals surface area (Å²) in [5.41, 5.74) is 6.88. The van der Waals surface area contributed by atoms with E-state index in [9.17, 15) is 9.59 Å². The quantitative estimate of drug-likeness (QED) is 0.925. The summed E-state index contributed by atoms with van der Waals surface area (Å²) in [7, 11) is 0. The van der Waals surface area contributed by atoms with E-state index in [4.69, 9.17) is 5.73 Å². The summed E-state index contributed by atoms with van der Waals surface area (Å²) < 4.78 is 1.95. The van der Waals surface area contributed by atoms with E-state index in [0.29, 0.717) is 25.1 Å². The molecular weight excluding hydrogens is 266 g/mol. The fourth-order valence-corrected chi connectivity index (χ4v) is 2.67. The second kappa shape index (κ2) is 5.44. The molecular formula is C16H17N3O2. The van der Waals surface area contributed by atoms with Crippen LogP contribution in [0.1, 0.15) is 16.8 Å². The van der Waals surface area contributed by atoms with E-state index in [1.54, 1.807) is 11.0 Å². The van der Waals surface area contributed by atoms with Crippen LogP contribution in [0.5, 0.6) is 0 Å². The van der Waals surface area contributed by atoms with Crippen molar-refractivity contribution in [2.75, 3.05) is 13.1 Å². The van der Waals surface area contributed by atoms with E-state index in [1.807, 2.05) is 47.3 Å². The Morgan fingerprint density at radius 3 is 2.57 bits per heavy atom. The Balaban J connectivity index is 1.80. The third-order valence-corrected chi connectivity index (χ3v) is 3.87. The summed E-state index contributed by atoms with van der Waals surface area (Å²) in [4.78, 5) is 25.4. The molecule has 2 aromatic rings. The molecule has 0 bridgehead atoms. The molecule has 2 N–H and O–H groups in total. The van der Waals surface area contributed by atoms with Crippen LogP contribution in [0.25, 0.3) is 5.69 Å². The van der Waals surface area contributed by atoms with Crippen molar-refractivity contribution in [1.82, 2.24) is 9.47 Å². The van der Waals surface area contributed by atoms with Crippen LogP contribution in [0.4, 0.5) is 0 Å². The first-order valence-electron chi connectivity index (χ1n) is 6.97. The van der Waals surface area contributed by atoms with Gasteiger partial charge in [0, 0.05) is 36.7 Å². The number of nitrogens with zero attached hydrogens (tertiary/aromatic N) is 2. The lowest BCUT2D eigenvalue weighted by molar-refractivity contribution is -0.121. The highest BCUT2D eigenvalue weighted by Gasteiger charge is 2.30. The Kier molecular flexibility index (Phi) is 3.48. The van der Waals surface area contributed by atoms with Gasteiger partial charge in [0.2, 0.25) is 5.91 Å². The smallest absolute Gasteiger partial charge is 0.253 e. The van der Waals surface area contributed by atoms with Gasteiger partial charge in [-0.25, -0.2) is 0 Å². The molecule has 0 saturated carbocycles. The zero-order chi connectivity index (χ0) is 14.8. The molecule has 1 aliphatic rings. The first-order valence-corrected chi connectivity index (χ1v) is 6.97. The first kappa shape index (κ1) is 13.4. The molecule has 0 unspecified atom stereocenters. The molecule has 2 amide bonds. The number of hydrogen-bond donors (Lipinski definition) is 1. The van der Waals surface area contributed by atoms with Crippen molar-refractivity contribution in [2.24, 2.45) is 11.7 Å². The van der Waals surface area contributed by atoms with Crippen LogP contribution in [0.2, 0.25) is 0 Å². The number of aromatic nitrogens is 1. The van der Waals surface area contributed by atoms with Crippen molar-refractivity contribution in [3.8, 4) is 5.69 Å². The maximum atomic E-state index is 12.5. The third-order valence-electron chi connectivity index (χ3n) is 3.87. The minimum Gasteiger partial charge on any atom is -0.369 e. The summed E-state index contributed by atoms with van der Waals surface area (Å²) in [5, 5.41) is 0. The predicted molar refractivity (Wildman–Crippen MR) is 79.0 cm³/mol. The van der Waals surface area contributed by atoms with E-state index < -0.39 is 0 Å². The molecule has 1 fully saturated rings. The Morgan fingerprint density at radius 2 is 1.90 bits per heavy atom. The standard InChI is InChI=1S/C16H17N3O2/c17-15(20)13-6-9-19(11-13)16(21)12-4-3-5-14(10-12)18-7-1-2-8-18/h1-5,7-8,10,13H,6,9,11H2,(H2,17,20)/t13-/m0/s1. The second-order valence-corrected chi connectivity index (χ2v) is 5.28. The van der Waals surface area contributed by atoms with E-state index >= 15 is 0 Å². The lowest BCUT2D eigenvalue weighted by Gasteiger charge is -2.16. The van der Waals surface area contributed by atoms with Crippen LogP contribution in [0, 0.1) is 5.92 Å². The van der Waals surface area contributed by atoms with Crippen molar-refractivity contribution in [3.63, 3.8) is 0 Å². The molecule has 1 atom stereocenters. The van der Waals surface area contributed by atoms with Gasteiger partial charge in [-0.1, -0.05) is 6.07 Å². The van der Waals surface area contributed by atoms with Crippen LogP contribution in [0.15, 0.2) is 48.8 Å². The average molecular weight is 283 g/mol. The molecule has 108 valence electrons. The molecule has 5 nitrogen and oxygen atoms in total. The highest BCUT2D eigenvalue weighted by Crippen LogP contribution is 2.19. The number of amides is 2. The molecule has 0 radical (unpaired) electrons. The molecule has 0 spiro atoms. The zero-order valence-corrected chi connectivity index (χ0v) is 11.6. The summed E-state index contributed by atoms with van der Waals surface area (Å²) in [6.45, 7) is 1.00. The third kappa shape index (κ3) is 2.67. The summed E-state index contributed by atoms with van der Waals surface area (Å²) in [6.07, 6.45) is 4.52. The van der Waals surface area contributed by atoms with E-state index in [0.717, 1.165) is 5.69 Å². The fraction of sp³-hybridized carbons (Fsp3) is 0.250.